The molecule has 0 saturated carbocycles. The Morgan fingerprint density at radius 1 is 1.43 bits per heavy atom. The van der Waals surface area contributed by atoms with E-state index in [0.717, 1.165) is 12.2 Å². The number of hydrogen-bond acceptors (Lipinski definition) is 2. The smallest absolute Gasteiger partial charge is 0.128 e. The molecule has 0 aliphatic rings. The van der Waals surface area contributed by atoms with Crippen molar-refractivity contribution in [3.63, 3.8) is 0 Å². The SMILES string of the molecule is CCc1sc2cccc(OC)c2c1Br. The van der Waals surface area contributed by atoms with Gasteiger partial charge in [0.25, 0.3) is 0 Å². The van der Waals surface area contributed by atoms with Gasteiger partial charge in [0.1, 0.15) is 5.75 Å². The largest absolute Gasteiger partial charge is 0.496 e. The fourth-order valence-corrected chi connectivity index (χ4v) is 3.64. The van der Waals surface area contributed by atoms with E-state index in [1.165, 1.54) is 19.4 Å². The van der Waals surface area contributed by atoms with E-state index >= 15 is 0 Å². The zero-order valence-electron chi connectivity index (χ0n) is 8.13. The molecule has 1 heterocycles. The first-order valence-electron chi connectivity index (χ1n) is 4.51. The minimum atomic E-state index is 0.949. The summed E-state index contributed by atoms with van der Waals surface area (Å²) in [6.07, 6.45) is 1.06. The number of thiophene rings is 1. The van der Waals surface area contributed by atoms with E-state index in [1.807, 2.05) is 23.5 Å². The van der Waals surface area contributed by atoms with Gasteiger partial charge in [0.15, 0.2) is 0 Å². The maximum atomic E-state index is 5.34. The van der Waals surface area contributed by atoms with Gasteiger partial charge in [0, 0.05) is 19.4 Å². The van der Waals surface area contributed by atoms with E-state index in [2.05, 4.69) is 28.9 Å². The van der Waals surface area contributed by atoms with Gasteiger partial charge in [-0.2, -0.15) is 0 Å². The third-order valence-electron chi connectivity index (χ3n) is 2.23. The zero-order chi connectivity index (χ0) is 10.1. The van der Waals surface area contributed by atoms with Gasteiger partial charge in [0.2, 0.25) is 0 Å². The van der Waals surface area contributed by atoms with E-state index in [-0.39, 0.29) is 0 Å². The Morgan fingerprint density at radius 2 is 2.21 bits per heavy atom. The van der Waals surface area contributed by atoms with Crippen LogP contribution in [0.4, 0.5) is 0 Å². The number of aryl methyl sites for hydroxylation is 1. The molecule has 0 bridgehead atoms. The van der Waals surface area contributed by atoms with Crippen LogP contribution < -0.4 is 4.74 Å². The van der Waals surface area contributed by atoms with Gasteiger partial charge in [-0.15, -0.1) is 11.3 Å². The maximum Gasteiger partial charge on any atom is 0.128 e. The average Bonchev–Trinajstić information content (AvgIpc) is 2.55. The number of ether oxygens (including phenoxy) is 1. The Labute approximate surface area is 95.8 Å². The lowest BCUT2D eigenvalue weighted by atomic mass is 10.2. The first-order chi connectivity index (χ1) is 6.77. The minimum absolute atomic E-state index is 0.949. The maximum absolute atomic E-state index is 5.34. The van der Waals surface area contributed by atoms with Gasteiger partial charge in [-0.05, 0) is 34.5 Å². The molecule has 0 amide bonds. The second kappa shape index (κ2) is 3.91. The molecule has 0 radical (unpaired) electrons. The Balaban J connectivity index is 2.79. The summed E-state index contributed by atoms with van der Waals surface area (Å²) in [6.45, 7) is 2.17. The number of fused-ring (bicyclic) bond motifs is 1. The Morgan fingerprint density at radius 3 is 2.86 bits per heavy atom. The van der Waals surface area contributed by atoms with E-state index in [9.17, 15) is 0 Å². The van der Waals surface area contributed by atoms with Crippen LogP contribution in [-0.2, 0) is 6.42 Å². The summed E-state index contributed by atoms with van der Waals surface area (Å²) < 4.78 is 7.82. The Hall–Kier alpha value is -0.540. The van der Waals surface area contributed by atoms with Crippen LogP contribution in [0.5, 0.6) is 5.75 Å². The fourth-order valence-electron chi connectivity index (χ4n) is 1.53. The van der Waals surface area contributed by atoms with Crippen molar-refractivity contribution < 1.29 is 4.74 Å². The van der Waals surface area contributed by atoms with E-state index in [1.54, 1.807) is 7.11 Å². The summed E-state index contributed by atoms with van der Waals surface area (Å²) in [6, 6.07) is 6.16. The highest BCUT2D eigenvalue weighted by Crippen LogP contribution is 2.40. The van der Waals surface area contributed by atoms with Crippen LogP contribution in [-0.4, -0.2) is 7.11 Å². The van der Waals surface area contributed by atoms with Crippen molar-refractivity contribution in [2.45, 2.75) is 13.3 Å². The molecular formula is C11H11BrOS. The number of hydrogen-bond donors (Lipinski definition) is 0. The molecule has 74 valence electrons. The third-order valence-corrected chi connectivity index (χ3v) is 4.66. The van der Waals surface area contributed by atoms with Gasteiger partial charge in [-0.1, -0.05) is 13.0 Å². The number of benzene rings is 1. The van der Waals surface area contributed by atoms with Gasteiger partial charge in [-0.25, -0.2) is 0 Å². The first-order valence-corrected chi connectivity index (χ1v) is 6.12. The predicted octanol–water partition coefficient (Wildman–Crippen LogP) is 4.23. The zero-order valence-corrected chi connectivity index (χ0v) is 10.5. The fraction of sp³-hybridized carbons (Fsp3) is 0.273. The summed E-state index contributed by atoms with van der Waals surface area (Å²) in [4.78, 5) is 1.38. The standard InChI is InChI=1S/C11H11BrOS/c1-3-8-11(12)10-7(13-2)5-4-6-9(10)14-8/h4-6H,3H2,1-2H3. The van der Waals surface area contributed by atoms with Gasteiger partial charge >= 0.3 is 0 Å². The van der Waals surface area contributed by atoms with Crippen molar-refractivity contribution in [1.82, 2.24) is 0 Å². The molecule has 2 rings (SSSR count). The summed E-state index contributed by atoms with van der Waals surface area (Å²) in [5.41, 5.74) is 0. The summed E-state index contributed by atoms with van der Waals surface area (Å²) >= 11 is 5.46. The van der Waals surface area contributed by atoms with Crippen molar-refractivity contribution in [3.8, 4) is 5.75 Å². The van der Waals surface area contributed by atoms with Crippen LogP contribution in [0.1, 0.15) is 11.8 Å². The van der Waals surface area contributed by atoms with Crippen LogP contribution in [0.25, 0.3) is 10.1 Å². The molecule has 3 heteroatoms. The molecule has 0 N–H and O–H groups in total. The molecule has 0 aliphatic heterocycles. The molecule has 1 aromatic carbocycles. The quantitative estimate of drug-likeness (QED) is 0.794. The molecule has 1 aromatic heterocycles. The molecule has 0 aliphatic carbocycles. The van der Waals surface area contributed by atoms with Crippen molar-refractivity contribution in [2.24, 2.45) is 0 Å². The molecule has 0 spiro atoms. The topological polar surface area (TPSA) is 9.23 Å². The van der Waals surface area contributed by atoms with Crippen molar-refractivity contribution in [1.29, 1.82) is 0 Å². The summed E-state index contributed by atoms with van der Waals surface area (Å²) in [7, 11) is 1.71. The highest BCUT2D eigenvalue weighted by atomic mass is 79.9. The monoisotopic (exact) mass is 270 g/mol. The van der Waals surface area contributed by atoms with E-state index in [0.29, 0.717) is 0 Å². The van der Waals surface area contributed by atoms with Crippen LogP contribution >= 0.6 is 27.3 Å². The van der Waals surface area contributed by atoms with Crippen molar-refractivity contribution in [2.75, 3.05) is 7.11 Å². The summed E-state index contributed by atoms with van der Waals surface area (Å²) in [5.74, 6) is 0.949. The minimum Gasteiger partial charge on any atom is -0.496 e. The second-order valence-corrected chi connectivity index (χ2v) is 4.96. The first kappa shape index (κ1) is 9.99. The Kier molecular flexibility index (Phi) is 2.79. The predicted molar refractivity (Wildman–Crippen MR) is 65.5 cm³/mol. The van der Waals surface area contributed by atoms with E-state index < -0.39 is 0 Å². The van der Waals surface area contributed by atoms with Crippen molar-refractivity contribution in [3.05, 3.63) is 27.5 Å². The molecular weight excluding hydrogens is 260 g/mol. The molecule has 2 aromatic rings. The van der Waals surface area contributed by atoms with Gasteiger partial charge in [-0.3, -0.25) is 0 Å². The van der Waals surface area contributed by atoms with Crippen LogP contribution in [0, 0.1) is 0 Å². The van der Waals surface area contributed by atoms with Crippen molar-refractivity contribution >= 4 is 37.4 Å². The average molecular weight is 271 g/mol. The molecule has 0 saturated heterocycles. The highest BCUT2D eigenvalue weighted by Gasteiger charge is 2.11. The lowest BCUT2D eigenvalue weighted by molar-refractivity contribution is 0.420. The van der Waals surface area contributed by atoms with Crippen LogP contribution in [0.3, 0.4) is 0 Å². The third kappa shape index (κ3) is 1.44. The normalized spacial score (nSPS) is 10.8. The molecule has 14 heavy (non-hydrogen) atoms. The molecule has 1 nitrogen and oxygen atoms in total. The van der Waals surface area contributed by atoms with Crippen LogP contribution in [0.15, 0.2) is 22.7 Å². The van der Waals surface area contributed by atoms with Gasteiger partial charge < -0.3 is 4.74 Å². The molecule has 0 atom stereocenters. The van der Waals surface area contributed by atoms with Crippen LogP contribution in [0.2, 0.25) is 0 Å². The summed E-state index contributed by atoms with van der Waals surface area (Å²) in [5, 5.41) is 1.21. The molecule has 0 unspecified atom stereocenters. The lowest BCUT2D eigenvalue weighted by Crippen LogP contribution is -1.82. The lowest BCUT2D eigenvalue weighted by Gasteiger charge is -2.01. The number of rotatable bonds is 2. The molecule has 0 fully saturated rings. The number of methoxy groups -OCH3 is 1. The van der Waals surface area contributed by atoms with E-state index in [4.69, 9.17) is 4.74 Å². The van der Waals surface area contributed by atoms with Gasteiger partial charge in [0.05, 0.1) is 7.11 Å². The Bertz CT molecular complexity index is 462. The highest BCUT2D eigenvalue weighted by molar-refractivity contribution is 9.10. The second-order valence-electron chi connectivity index (χ2n) is 3.03. The number of halogens is 1.